The van der Waals surface area contributed by atoms with Crippen LogP contribution in [0.5, 0.6) is 17.2 Å². The van der Waals surface area contributed by atoms with Crippen LogP contribution in [0.2, 0.25) is 0 Å². The quantitative estimate of drug-likeness (QED) is 0.603. The third-order valence-corrected chi connectivity index (χ3v) is 5.66. The minimum Gasteiger partial charge on any atom is -0.497 e. The molecule has 0 saturated heterocycles. The Morgan fingerprint density at radius 1 is 0.857 bits per heavy atom. The summed E-state index contributed by atoms with van der Waals surface area (Å²) < 4.78 is 16.2. The van der Waals surface area contributed by atoms with E-state index < -0.39 is 0 Å². The lowest BCUT2D eigenvalue weighted by molar-refractivity contribution is 0.0963. The summed E-state index contributed by atoms with van der Waals surface area (Å²) in [4.78, 5) is 13.3. The molecule has 2 aliphatic rings. The van der Waals surface area contributed by atoms with Crippen LogP contribution >= 0.6 is 0 Å². The molecule has 140 valence electrons. The molecule has 0 bridgehead atoms. The summed E-state index contributed by atoms with van der Waals surface area (Å²) in [5, 5.41) is 0. The summed E-state index contributed by atoms with van der Waals surface area (Å²) in [7, 11) is 1.62. The second-order valence-corrected chi connectivity index (χ2v) is 7.19. The van der Waals surface area contributed by atoms with E-state index in [0.717, 1.165) is 28.4 Å². The molecule has 0 unspecified atom stereocenters. The van der Waals surface area contributed by atoms with Gasteiger partial charge in [0.05, 0.1) is 7.11 Å². The van der Waals surface area contributed by atoms with Crippen LogP contribution in [0.25, 0.3) is 0 Å². The van der Waals surface area contributed by atoms with Crippen molar-refractivity contribution in [3.8, 4) is 17.2 Å². The second-order valence-electron chi connectivity index (χ2n) is 7.19. The van der Waals surface area contributed by atoms with Crippen molar-refractivity contribution in [3.63, 3.8) is 0 Å². The lowest BCUT2D eigenvalue weighted by Gasteiger charge is -2.04. The number of fused-ring (bicyclic) bond motifs is 1. The number of ketones is 1. The minimum absolute atomic E-state index is 0.0869. The fourth-order valence-corrected chi connectivity index (χ4v) is 4.21. The van der Waals surface area contributed by atoms with E-state index in [9.17, 15) is 4.79 Å². The van der Waals surface area contributed by atoms with Crippen LogP contribution < -0.4 is 14.2 Å². The molecule has 1 fully saturated rings. The second kappa shape index (κ2) is 6.71. The molecular formula is C24H20O4. The van der Waals surface area contributed by atoms with Gasteiger partial charge in [-0.25, -0.2) is 0 Å². The Bertz CT molecular complexity index is 1010. The van der Waals surface area contributed by atoms with Gasteiger partial charge >= 0.3 is 0 Å². The molecule has 4 heteroatoms. The van der Waals surface area contributed by atoms with E-state index in [4.69, 9.17) is 14.2 Å². The number of Topliss-reactive ketones (excluding diaryl/α,β-unsaturated/α-hetero) is 1. The van der Waals surface area contributed by atoms with Gasteiger partial charge in [-0.2, -0.15) is 0 Å². The average molecular weight is 372 g/mol. The molecule has 1 aliphatic carbocycles. The van der Waals surface area contributed by atoms with Crippen LogP contribution in [0.3, 0.4) is 0 Å². The van der Waals surface area contributed by atoms with Gasteiger partial charge in [0.1, 0.15) is 5.75 Å². The van der Waals surface area contributed by atoms with Gasteiger partial charge in [0.15, 0.2) is 17.3 Å². The SMILES string of the molecule is COc1ccc(C(=O)[C@@H]2[C@@H](c3ccccc3)[C@H]2c2ccc3c(c2)OCO3)cc1. The standard InChI is InChI=1S/C24H20O4/c1-26-18-10-7-16(8-11-18)24(25)23-21(15-5-3-2-4-6-15)22(23)17-9-12-19-20(13-17)28-14-27-19/h2-13,21-23H,14H2,1H3/t21-,22+,23+/m0/s1. The van der Waals surface area contributed by atoms with E-state index in [1.165, 1.54) is 5.56 Å². The molecule has 1 aliphatic heterocycles. The summed E-state index contributed by atoms with van der Waals surface area (Å²) in [5.41, 5.74) is 3.02. The Labute approximate surface area is 163 Å². The number of benzene rings is 3. The van der Waals surface area contributed by atoms with Gasteiger partial charge in [0.25, 0.3) is 0 Å². The number of ether oxygens (including phenoxy) is 3. The molecule has 3 atom stereocenters. The Balaban J connectivity index is 1.49. The third-order valence-electron chi connectivity index (χ3n) is 5.66. The molecule has 0 radical (unpaired) electrons. The highest BCUT2D eigenvalue weighted by molar-refractivity contribution is 6.01. The Hall–Kier alpha value is -3.27. The van der Waals surface area contributed by atoms with E-state index in [2.05, 4.69) is 18.2 Å². The molecule has 1 saturated carbocycles. The van der Waals surface area contributed by atoms with Gasteiger partial charge in [0.2, 0.25) is 6.79 Å². The number of carbonyl (C=O) groups excluding carboxylic acids is 1. The number of hydrogen-bond donors (Lipinski definition) is 0. The summed E-state index contributed by atoms with van der Waals surface area (Å²) in [6.45, 7) is 0.250. The largest absolute Gasteiger partial charge is 0.497 e. The van der Waals surface area contributed by atoms with Gasteiger partial charge < -0.3 is 14.2 Å². The Morgan fingerprint density at radius 2 is 1.57 bits per heavy atom. The van der Waals surface area contributed by atoms with Crippen LogP contribution in [0.4, 0.5) is 0 Å². The van der Waals surface area contributed by atoms with Gasteiger partial charge in [0, 0.05) is 23.3 Å². The molecule has 3 aromatic carbocycles. The van der Waals surface area contributed by atoms with Crippen LogP contribution in [0.1, 0.15) is 33.3 Å². The first-order valence-corrected chi connectivity index (χ1v) is 9.39. The fraction of sp³-hybridized carbons (Fsp3) is 0.208. The summed E-state index contributed by atoms with van der Waals surface area (Å²) >= 11 is 0. The molecule has 0 aromatic heterocycles. The molecule has 0 spiro atoms. The Morgan fingerprint density at radius 3 is 2.32 bits per heavy atom. The van der Waals surface area contributed by atoms with Crippen molar-refractivity contribution in [3.05, 3.63) is 89.5 Å². The Kier molecular flexibility index (Phi) is 4.05. The first kappa shape index (κ1) is 16.9. The lowest BCUT2D eigenvalue weighted by Crippen LogP contribution is -2.04. The molecule has 5 rings (SSSR count). The van der Waals surface area contributed by atoms with Crippen molar-refractivity contribution in [2.75, 3.05) is 13.9 Å². The highest BCUT2D eigenvalue weighted by Crippen LogP contribution is 2.62. The third kappa shape index (κ3) is 2.82. The summed E-state index contributed by atoms with van der Waals surface area (Å²) in [5.74, 6) is 2.64. The van der Waals surface area contributed by atoms with Crippen molar-refractivity contribution in [1.82, 2.24) is 0 Å². The van der Waals surface area contributed by atoms with Crippen molar-refractivity contribution < 1.29 is 19.0 Å². The molecule has 4 nitrogen and oxygen atoms in total. The molecule has 28 heavy (non-hydrogen) atoms. The lowest BCUT2D eigenvalue weighted by atomic mass is 10.0. The molecule has 1 heterocycles. The van der Waals surface area contributed by atoms with Crippen LogP contribution in [-0.2, 0) is 0 Å². The van der Waals surface area contributed by atoms with Crippen molar-refractivity contribution >= 4 is 5.78 Å². The van der Waals surface area contributed by atoms with Gasteiger partial charge in [-0.1, -0.05) is 36.4 Å². The maximum atomic E-state index is 13.3. The van der Waals surface area contributed by atoms with Crippen LogP contribution in [0, 0.1) is 5.92 Å². The predicted octanol–water partition coefficient (Wildman–Crippen LogP) is 4.80. The zero-order valence-corrected chi connectivity index (χ0v) is 15.5. The zero-order chi connectivity index (χ0) is 19.1. The zero-order valence-electron chi connectivity index (χ0n) is 15.5. The molecular weight excluding hydrogens is 352 g/mol. The first-order valence-electron chi connectivity index (χ1n) is 9.39. The fourth-order valence-electron chi connectivity index (χ4n) is 4.21. The van der Waals surface area contributed by atoms with E-state index >= 15 is 0 Å². The maximum Gasteiger partial charge on any atom is 0.231 e. The number of carbonyl (C=O) groups is 1. The normalized spacial score (nSPS) is 22.0. The van der Waals surface area contributed by atoms with Crippen molar-refractivity contribution in [2.24, 2.45) is 5.92 Å². The molecule has 3 aromatic rings. The van der Waals surface area contributed by atoms with Crippen LogP contribution in [0.15, 0.2) is 72.8 Å². The van der Waals surface area contributed by atoms with Gasteiger partial charge in [-0.3, -0.25) is 4.79 Å². The maximum absolute atomic E-state index is 13.3. The van der Waals surface area contributed by atoms with Crippen molar-refractivity contribution in [1.29, 1.82) is 0 Å². The number of hydrogen-bond acceptors (Lipinski definition) is 4. The highest BCUT2D eigenvalue weighted by atomic mass is 16.7. The number of methoxy groups -OCH3 is 1. The average Bonchev–Trinajstić information content (AvgIpc) is 3.33. The van der Waals surface area contributed by atoms with E-state index in [1.807, 2.05) is 54.6 Å². The van der Waals surface area contributed by atoms with E-state index in [0.29, 0.717) is 0 Å². The monoisotopic (exact) mass is 372 g/mol. The van der Waals surface area contributed by atoms with E-state index in [1.54, 1.807) is 7.11 Å². The topological polar surface area (TPSA) is 44.8 Å². The van der Waals surface area contributed by atoms with E-state index in [-0.39, 0.29) is 30.3 Å². The minimum atomic E-state index is -0.0869. The molecule has 0 amide bonds. The smallest absolute Gasteiger partial charge is 0.231 e. The van der Waals surface area contributed by atoms with Gasteiger partial charge in [-0.05, 0) is 47.5 Å². The summed E-state index contributed by atoms with van der Waals surface area (Å²) in [6, 6.07) is 23.6. The highest BCUT2D eigenvalue weighted by Gasteiger charge is 2.56. The van der Waals surface area contributed by atoms with Crippen LogP contribution in [-0.4, -0.2) is 19.7 Å². The van der Waals surface area contributed by atoms with Crippen molar-refractivity contribution in [2.45, 2.75) is 11.8 Å². The predicted molar refractivity (Wildman–Crippen MR) is 105 cm³/mol. The summed E-state index contributed by atoms with van der Waals surface area (Å²) in [6.07, 6.45) is 0. The number of rotatable bonds is 5. The van der Waals surface area contributed by atoms with Gasteiger partial charge in [-0.15, -0.1) is 0 Å². The molecule has 0 N–H and O–H groups in total. The first-order chi connectivity index (χ1) is 13.8.